The quantitative estimate of drug-likeness (QED) is 0.303. The smallest absolute Gasteiger partial charge is 0.340 e. The van der Waals surface area contributed by atoms with Crippen LogP contribution in [0.4, 0.5) is 0 Å². The molecule has 1 heterocycles. The third kappa shape index (κ3) is 4.71. The normalized spacial score (nSPS) is 10.7. The standard InChI is InChI=1S/C22H25NO5/c1-6-12-28-18-11-9-16(13-19(18)26-5)8-10-17(24)21-14(3)20(15(4)23-21)22(25)27-7-2/h6,8-11,13,23H,1,7,12H2,2-5H3/b10-8+. The van der Waals surface area contributed by atoms with E-state index in [0.717, 1.165) is 5.56 Å². The Morgan fingerprint density at radius 1 is 1.21 bits per heavy atom. The highest BCUT2D eigenvalue weighted by Crippen LogP contribution is 2.28. The molecule has 0 saturated heterocycles. The van der Waals surface area contributed by atoms with E-state index in [0.29, 0.717) is 40.6 Å². The number of methoxy groups -OCH3 is 1. The van der Waals surface area contributed by atoms with Crippen LogP contribution in [0.3, 0.4) is 0 Å². The number of aromatic amines is 1. The lowest BCUT2D eigenvalue weighted by Crippen LogP contribution is -2.07. The highest BCUT2D eigenvalue weighted by Gasteiger charge is 2.21. The molecular formula is C22H25NO5. The fourth-order valence-electron chi connectivity index (χ4n) is 2.82. The van der Waals surface area contributed by atoms with Gasteiger partial charge in [-0.25, -0.2) is 4.79 Å². The molecule has 0 aliphatic heterocycles. The number of rotatable bonds is 9. The lowest BCUT2D eigenvalue weighted by Gasteiger charge is -2.09. The van der Waals surface area contributed by atoms with Crippen molar-refractivity contribution in [3.05, 3.63) is 65.0 Å². The summed E-state index contributed by atoms with van der Waals surface area (Å²) in [5.41, 5.74) is 2.75. The average Bonchev–Trinajstić information content (AvgIpc) is 2.99. The molecule has 0 fully saturated rings. The molecule has 1 aromatic heterocycles. The van der Waals surface area contributed by atoms with Crippen LogP contribution < -0.4 is 9.47 Å². The van der Waals surface area contributed by atoms with Crippen LogP contribution in [0.15, 0.2) is 36.9 Å². The van der Waals surface area contributed by atoms with Gasteiger partial charge in [0.25, 0.3) is 0 Å². The van der Waals surface area contributed by atoms with Gasteiger partial charge in [-0.15, -0.1) is 0 Å². The Morgan fingerprint density at radius 3 is 2.61 bits per heavy atom. The minimum atomic E-state index is -0.434. The molecular weight excluding hydrogens is 358 g/mol. The van der Waals surface area contributed by atoms with E-state index in [1.165, 1.54) is 6.08 Å². The first-order chi connectivity index (χ1) is 13.4. The molecule has 2 aromatic rings. The van der Waals surface area contributed by atoms with Gasteiger partial charge in [-0.05, 0) is 50.1 Å². The van der Waals surface area contributed by atoms with Gasteiger partial charge in [-0.1, -0.05) is 24.8 Å². The zero-order valence-electron chi connectivity index (χ0n) is 16.6. The van der Waals surface area contributed by atoms with Crippen molar-refractivity contribution in [1.29, 1.82) is 0 Å². The van der Waals surface area contributed by atoms with Crippen LogP contribution in [0, 0.1) is 13.8 Å². The summed E-state index contributed by atoms with van der Waals surface area (Å²) in [4.78, 5) is 27.7. The molecule has 0 amide bonds. The number of aryl methyl sites for hydroxylation is 1. The fraction of sp³-hybridized carbons (Fsp3) is 0.273. The summed E-state index contributed by atoms with van der Waals surface area (Å²) in [7, 11) is 1.55. The Kier molecular flexibility index (Phi) is 7.21. The molecule has 0 radical (unpaired) electrons. The Bertz CT molecular complexity index is 908. The first kappa shape index (κ1) is 21.0. The van der Waals surface area contributed by atoms with Gasteiger partial charge in [-0.3, -0.25) is 4.79 Å². The van der Waals surface area contributed by atoms with Gasteiger partial charge in [0.15, 0.2) is 11.5 Å². The summed E-state index contributed by atoms with van der Waals surface area (Å²) in [6, 6.07) is 5.37. The van der Waals surface area contributed by atoms with E-state index in [1.54, 1.807) is 52.2 Å². The van der Waals surface area contributed by atoms with Crippen LogP contribution >= 0.6 is 0 Å². The first-order valence-electron chi connectivity index (χ1n) is 8.93. The van der Waals surface area contributed by atoms with Crippen LogP contribution in [-0.2, 0) is 4.74 Å². The van der Waals surface area contributed by atoms with Gasteiger partial charge in [0, 0.05) is 5.69 Å². The largest absolute Gasteiger partial charge is 0.493 e. The zero-order chi connectivity index (χ0) is 20.7. The molecule has 0 atom stereocenters. The first-order valence-corrected chi connectivity index (χ1v) is 8.93. The molecule has 0 aliphatic rings. The van der Waals surface area contributed by atoms with Crippen molar-refractivity contribution in [2.24, 2.45) is 0 Å². The number of hydrogen-bond donors (Lipinski definition) is 1. The number of hydrogen-bond acceptors (Lipinski definition) is 5. The summed E-state index contributed by atoms with van der Waals surface area (Å²) >= 11 is 0. The van der Waals surface area contributed by atoms with E-state index < -0.39 is 5.97 Å². The van der Waals surface area contributed by atoms with E-state index in [4.69, 9.17) is 14.2 Å². The molecule has 1 N–H and O–H groups in total. The van der Waals surface area contributed by atoms with E-state index in [2.05, 4.69) is 11.6 Å². The third-order valence-electron chi connectivity index (χ3n) is 4.13. The maximum Gasteiger partial charge on any atom is 0.340 e. The van der Waals surface area contributed by atoms with Crippen molar-refractivity contribution >= 4 is 17.8 Å². The number of nitrogens with one attached hydrogen (secondary N) is 1. The minimum absolute atomic E-state index is 0.234. The number of esters is 1. The maximum absolute atomic E-state index is 12.6. The fourth-order valence-corrected chi connectivity index (χ4v) is 2.82. The number of ketones is 1. The second-order valence-electron chi connectivity index (χ2n) is 6.05. The molecule has 2 rings (SSSR count). The van der Waals surface area contributed by atoms with Crippen molar-refractivity contribution < 1.29 is 23.8 Å². The number of benzene rings is 1. The topological polar surface area (TPSA) is 77.6 Å². The van der Waals surface area contributed by atoms with Gasteiger partial charge in [0.2, 0.25) is 5.78 Å². The van der Waals surface area contributed by atoms with Gasteiger partial charge < -0.3 is 19.2 Å². The lowest BCUT2D eigenvalue weighted by atomic mass is 10.1. The highest BCUT2D eigenvalue weighted by atomic mass is 16.5. The number of aromatic nitrogens is 1. The highest BCUT2D eigenvalue weighted by molar-refractivity contribution is 6.08. The third-order valence-corrected chi connectivity index (χ3v) is 4.13. The average molecular weight is 383 g/mol. The van der Waals surface area contributed by atoms with E-state index in [-0.39, 0.29) is 12.4 Å². The number of carbonyl (C=O) groups is 2. The van der Waals surface area contributed by atoms with Gasteiger partial charge >= 0.3 is 5.97 Å². The number of H-pyrrole nitrogens is 1. The molecule has 0 spiro atoms. The minimum Gasteiger partial charge on any atom is -0.493 e. The predicted molar refractivity (Wildman–Crippen MR) is 108 cm³/mol. The molecule has 1 aromatic carbocycles. The van der Waals surface area contributed by atoms with Crippen LogP contribution in [0.25, 0.3) is 6.08 Å². The van der Waals surface area contributed by atoms with Crippen molar-refractivity contribution in [2.75, 3.05) is 20.3 Å². The Hall–Kier alpha value is -3.28. The molecule has 0 aliphatic carbocycles. The van der Waals surface area contributed by atoms with Gasteiger partial charge in [0.05, 0.1) is 25.0 Å². The lowest BCUT2D eigenvalue weighted by molar-refractivity contribution is 0.0525. The number of carbonyl (C=O) groups excluding carboxylic acids is 2. The number of ether oxygens (including phenoxy) is 3. The molecule has 0 bridgehead atoms. The van der Waals surface area contributed by atoms with E-state index >= 15 is 0 Å². The molecule has 28 heavy (non-hydrogen) atoms. The van der Waals surface area contributed by atoms with Crippen LogP contribution in [0.1, 0.15) is 44.6 Å². The second-order valence-corrected chi connectivity index (χ2v) is 6.05. The van der Waals surface area contributed by atoms with E-state index in [1.807, 2.05) is 6.07 Å². The number of allylic oxidation sites excluding steroid dienone is 1. The van der Waals surface area contributed by atoms with Crippen molar-refractivity contribution in [2.45, 2.75) is 20.8 Å². The summed E-state index contributed by atoms with van der Waals surface area (Å²) in [6.07, 6.45) is 4.78. The molecule has 148 valence electrons. The molecule has 0 saturated carbocycles. The SMILES string of the molecule is C=CCOc1ccc(/C=C/C(=O)c2[nH]c(C)c(C(=O)OCC)c2C)cc1OC. The summed E-state index contributed by atoms with van der Waals surface area (Å²) < 4.78 is 15.9. The molecule has 0 unspecified atom stereocenters. The predicted octanol–water partition coefficient (Wildman–Crippen LogP) is 4.28. The van der Waals surface area contributed by atoms with Crippen molar-refractivity contribution in [3.8, 4) is 11.5 Å². The monoisotopic (exact) mass is 383 g/mol. The van der Waals surface area contributed by atoms with Crippen molar-refractivity contribution in [3.63, 3.8) is 0 Å². The van der Waals surface area contributed by atoms with Gasteiger partial charge in [0.1, 0.15) is 6.61 Å². The van der Waals surface area contributed by atoms with E-state index in [9.17, 15) is 9.59 Å². The van der Waals surface area contributed by atoms with Crippen molar-refractivity contribution in [1.82, 2.24) is 4.98 Å². The van der Waals surface area contributed by atoms with Crippen LogP contribution in [0.2, 0.25) is 0 Å². The summed E-state index contributed by atoms with van der Waals surface area (Å²) in [6.45, 7) is 9.48. The summed E-state index contributed by atoms with van der Waals surface area (Å²) in [5, 5.41) is 0. The zero-order valence-corrected chi connectivity index (χ0v) is 16.6. The Balaban J connectivity index is 2.23. The second kappa shape index (κ2) is 9.60. The summed E-state index contributed by atoms with van der Waals surface area (Å²) in [5.74, 6) is 0.493. The maximum atomic E-state index is 12.6. The Morgan fingerprint density at radius 2 is 1.96 bits per heavy atom. The Labute approximate surface area is 164 Å². The van der Waals surface area contributed by atoms with Crippen LogP contribution in [-0.4, -0.2) is 37.1 Å². The molecule has 6 nitrogen and oxygen atoms in total. The van der Waals surface area contributed by atoms with Gasteiger partial charge in [-0.2, -0.15) is 0 Å². The van der Waals surface area contributed by atoms with Crippen LogP contribution in [0.5, 0.6) is 11.5 Å². The molecule has 6 heteroatoms.